The standard InChI is InChI=1S/C16H28ClN5O3S2/c1-5-18-16(21(4)12-14(23)22(6-2)7-3)19-10-11-20-27(24,25)15-9-8-13(17)26-15/h8-9,20H,5-7,10-12H2,1-4H3,(H,18,19). The highest BCUT2D eigenvalue weighted by atomic mass is 35.5. The minimum Gasteiger partial charge on any atom is -0.357 e. The molecule has 1 amide bonds. The highest BCUT2D eigenvalue weighted by Crippen LogP contribution is 2.25. The zero-order valence-electron chi connectivity index (χ0n) is 16.2. The fraction of sp³-hybridized carbons (Fsp3) is 0.625. The lowest BCUT2D eigenvalue weighted by atomic mass is 10.4. The summed E-state index contributed by atoms with van der Waals surface area (Å²) in [4.78, 5) is 20.1. The third-order valence-electron chi connectivity index (χ3n) is 3.66. The Morgan fingerprint density at radius 1 is 1.26 bits per heavy atom. The summed E-state index contributed by atoms with van der Waals surface area (Å²) in [5.41, 5.74) is 0. The third kappa shape index (κ3) is 7.65. The number of likely N-dealkylation sites (N-methyl/N-ethyl adjacent to an activating group) is 2. The minimum atomic E-state index is -3.59. The number of guanidine groups is 1. The van der Waals surface area contributed by atoms with E-state index in [1.807, 2.05) is 20.8 Å². The average Bonchev–Trinajstić information content (AvgIpc) is 3.06. The Bertz CT molecular complexity index is 732. The molecule has 0 aromatic carbocycles. The average molecular weight is 438 g/mol. The number of nitrogens with one attached hydrogen (secondary N) is 2. The van der Waals surface area contributed by atoms with E-state index in [-0.39, 0.29) is 29.8 Å². The fourth-order valence-electron chi connectivity index (χ4n) is 2.28. The minimum absolute atomic E-state index is 0.0170. The van der Waals surface area contributed by atoms with Crippen LogP contribution >= 0.6 is 22.9 Å². The number of sulfonamides is 1. The van der Waals surface area contributed by atoms with E-state index in [9.17, 15) is 13.2 Å². The van der Waals surface area contributed by atoms with Crippen LogP contribution in [0.15, 0.2) is 21.3 Å². The van der Waals surface area contributed by atoms with Crippen LogP contribution < -0.4 is 10.0 Å². The summed E-state index contributed by atoms with van der Waals surface area (Å²) in [5.74, 6) is 0.569. The van der Waals surface area contributed by atoms with Crippen molar-refractivity contribution >= 4 is 44.8 Å². The molecule has 0 aliphatic heterocycles. The second kappa shape index (κ2) is 11.5. The highest BCUT2D eigenvalue weighted by molar-refractivity contribution is 7.91. The van der Waals surface area contributed by atoms with Crippen molar-refractivity contribution in [3.05, 3.63) is 16.5 Å². The molecule has 0 aliphatic rings. The van der Waals surface area contributed by atoms with Gasteiger partial charge in [-0.3, -0.25) is 9.79 Å². The van der Waals surface area contributed by atoms with Gasteiger partial charge in [-0.2, -0.15) is 0 Å². The van der Waals surface area contributed by atoms with Gasteiger partial charge in [-0.25, -0.2) is 13.1 Å². The van der Waals surface area contributed by atoms with Gasteiger partial charge in [-0.15, -0.1) is 11.3 Å². The third-order valence-corrected chi connectivity index (χ3v) is 6.85. The van der Waals surface area contributed by atoms with Crippen molar-refractivity contribution in [2.45, 2.75) is 25.0 Å². The van der Waals surface area contributed by atoms with Crippen molar-refractivity contribution in [1.82, 2.24) is 19.8 Å². The maximum atomic E-state index is 12.2. The Morgan fingerprint density at radius 2 is 1.93 bits per heavy atom. The molecule has 0 radical (unpaired) electrons. The number of halogens is 1. The van der Waals surface area contributed by atoms with Crippen molar-refractivity contribution < 1.29 is 13.2 Å². The Balaban J connectivity index is 2.64. The van der Waals surface area contributed by atoms with E-state index < -0.39 is 10.0 Å². The van der Waals surface area contributed by atoms with Crippen LogP contribution in [0.3, 0.4) is 0 Å². The molecule has 11 heteroatoms. The monoisotopic (exact) mass is 437 g/mol. The zero-order chi connectivity index (χ0) is 20.4. The first kappa shape index (κ1) is 23.7. The number of carbonyl (C=O) groups excluding carboxylic acids is 1. The van der Waals surface area contributed by atoms with Crippen LogP contribution in [0.25, 0.3) is 0 Å². The number of hydrogen-bond donors (Lipinski definition) is 2. The van der Waals surface area contributed by atoms with Gasteiger partial charge in [0.25, 0.3) is 0 Å². The summed E-state index contributed by atoms with van der Waals surface area (Å²) in [6.45, 7) is 8.35. The molecule has 0 unspecified atom stereocenters. The van der Waals surface area contributed by atoms with E-state index in [1.54, 1.807) is 22.9 Å². The van der Waals surface area contributed by atoms with Crippen LogP contribution in [0, 0.1) is 0 Å². The molecule has 0 fully saturated rings. The lowest BCUT2D eigenvalue weighted by Crippen LogP contribution is -2.46. The van der Waals surface area contributed by atoms with Crippen LogP contribution in [0.4, 0.5) is 0 Å². The SMILES string of the molecule is CCNC(=NCCNS(=O)(=O)c1ccc(Cl)s1)N(C)CC(=O)N(CC)CC. The number of rotatable bonds is 10. The molecular formula is C16H28ClN5O3S2. The van der Waals surface area contributed by atoms with Gasteiger partial charge in [0.1, 0.15) is 4.21 Å². The van der Waals surface area contributed by atoms with Crippen molar-refractivity contribution in [2.24, 2.45) is 4.99 Å². The van der Waals surface area contributed by atoms with Crippen LogP contribution in [-0.4, -0.2) is 76.4 Å². The second-order valence-electron chi connectivity index (χ2n) is 5.61. The van der Waals surface area contributed by atoms with E-state index >= 15 is 0 Å². The molecule has 0 aliphatic carbocycles. The van der Waals surface area contributed by atoms with Gasteiger partial charge < -0.3 is 15.1 Å². The van der Waals surface area contributed by atoms with E-state index in [0.717, 1.165) is 11.3 Å². The summed E-state index contributed by atoms with van der Waals surface area (Å²) < 4.78 is 27.4. The summed E-state index contributed by atoms with van der Waals surface area (Å²) in [7, 11) is -1.81. The van der Waals surface area contributed by atoms with Gasteiger partial charge >= 0.3 is 0 Å². The van der Waals surface area contributed by atoms with E-state index in [0.29, 0.717) is 29.9 Å². The molecule has 0 saturated heterocycles. The van der Waals surface area contributed by atoms with E-state index in [4.69, 9.17) is 11.6 Å². The number of thiophene rings is 1. The van der Waals surface area contributed by atoms with Crippen molar-refractivity contribution in [3.8, 4) is 0 Å². The predicted octanol–water partition coefficient (Wildman–Crippen LogP) is 1.45. The summed E-state index contributed by atoms with van der Waals surface area (Å²) in [6, 6.07) is 3.01. The molecule has 1 aromatic heterocycles. The van der Waals surface area contributed by atoms with Crippen molar-refractivity contribution in [2.75, 3.05) is 46.3 Å². The Hall–Kier alpha value is -1.36. The molecule has 1 rings (SSSR count). The molecule has 154 valence electrons. The van der Waals surface area contributed by atoms with Crippen LogP contribution in [0.1, 0.15) is 20.8 Å². The first-order valence-electron chi connectivity index (χ1n) is 8.77. The first-order chi connectivity index (χ1) is 12.7. The van der Waals surface area contributed by atoms with Crippen molar-refractivity contribution in [1.29, 1.82) is 0 Å². The first-order valence-corrected chi connectivity index (χ1v) is 11.4. The summed E-state index contributed by atoms with van der Waals surface area (Å²) in [6.07, 6.45) is 0. The maximum Gasteiger partial charge on any atom is 0.250 e. The van der Waals surface area contributed by atoms with Gasteiger partial charge in [0.2, 0.25) is 15.9 Å². The number of aliphatic imine (C=N–C) groups is 1. The van der Waals surface area contributed by atoms with Crippen LogP contribution in [0.2, 0.25) is 4.34 Å². The zero-order valence-corrected chi connectivity index (χ0v) is 18.5. The van der Waals surface area contributed by atoms with Gasteiger partial charge in [0, 0.05) is 33.2 Å². The summed E-state index contributed by atoms with van der Waals surface area (Å²) >= 11 is 6.79. The number of amides is 1. The maximum absolute atomic E-state index is 12.2. The topological polar surface area (TPSA) is 94.1 Å². The normalized spacial score (nSPS) is 12.1. The van der Waals surface area contributed by atoms with E-state index in [1.165, 1.54) is 6.07 Å². The lowest BCUT2D eigenvalue weighted by Gasteiger charge is -2.25. The molecule has 0 saturated carbocycles. The molecule has 0 spiro atoms. The summed E-state index contributed by atoms with van der Waals surface area (Å²) in [5, 5.41) is 3.11. The smallest absolute Gasteiger partial charge is 0.250 e. The molecular weight excluding hydrogens is 410 g/mol. The second-order valence-corrected chi connectivity index (χ2v) is 9.32. The number of nitrogens with zero attached hydrogens (tertiary/aromatic N) is 3. The quantitative estimate of drug-likeness (QED) is 0.328. The molecule has 8 nitrogen and oxygen atoms in total. The van der Waals surface area contributed by atoms with E-state index in [2.05, 4.69) is 15.0 Å². The number of hydrogen-bond acceptors (Lipinski definition) is 5. The Kier molecular flexibility index (Phi) is 10.1. The lowest BCUT2D eigenvalue weighted by molar-refractivity contribution is -0.131. The fourth-order valence-corrected chi connectivity index (χ4v) is 4.83. The molecule has 27 heavy (non-hydrogen) atoms. The molecule has 1 heterocycles. The Morgan fingerprint density at radius 3 is 2.44 bits per heavy atom. The largest absolute Gasteiger partial charge is 0.357 e. The molecule has 0 bridgehead atoms. The van der Waals surface area contributed by atoms with Crippen molar-refractivity contribution in [3.63, 3.8) is 0 Å². The van der Waals surface area contributed by atoms with Gasteiger partial charge in [-0.05, 0) is 32.9 Å². The highest BCUT2D eigenvalue weighted by Gasteiger charge is 2.17. The predicted molar refractivity (Wildman–Crippen MR) is 111 cm³/mol. The van der Waals surface area contributed by atoms with Crippen LogP contribution in [-0.2, 0) is 14.8 Å². The Labute approximate surface area is 170 Å². The molecule has 1 aromatic rings. The number of carbonyl (C=O) groups is 1. The van der Waals surface area contributed by atoms with Gasteiger partial charge in [-0.1, -0.05) is 11.6 Å². The van der Waals surface area contributed by atoms with Gasteiger partial charge in [0.15, 0.2) is 5.96 Å². The molecule has 0 atom stereocenters. The van der Waals surface area contributed by atoms with Crippen LogP contribution in [0.5, 0.6) is 0 Å². The molecule has 2 N–H and O–H groups in total. The van der Waals surface area contributed by atoms with Gasteiger partial charge in [0.05, 0.1) is 17.4 Å².